The average Bonchev–Trinajstić information content (AvgIpc) is 2.47. The number of hydrogen-bond donors (Lipinski definition) is 0. The van der Waals surface area contributed by atoms with Crippen LogP contribution < -0.4 is 0 Å². The lowest BCUT2D eigenvalue weighted by Gasteiger charge is -2.07. The van der Waals surface area contributed by atoms with Gasteiger partial charge in [0.05, 0.1) is 11.2 Å². The second-order valence-corrected chi connectivity index (χ2v) is 5.29. The number of para-hydroxylation sites is 1. The van der Waals surface area contributed by atoms with E-state index in [2.05, 4.69) is 39.6 Å². The molecule has 1 nitrogen and oxygen atoms in total. The summed E-state index contributed by atoms with van der Waals surface area (Å²) in [6, 6.07) is 20.3. The normalized spacial score (nSPS) is 10.6. The van der Waals surface area contributed by atoms with E-state index in [0.717, 1.165) is 32.2 Å². The van der Waals surface area contributed by atoms with Crippen molar-refractivity contribution in [3.8, 4) is 0 Å². The van der Waals surface area contributed by atoms with E-state index in [1.165, 1.54) is 0 Å². The van der Waals surface area contributed by atoms with Crippen LogP contribution in [0.4, 0.5) is 0 Å². The molecule has 0 aliphatic carbocycles. The summed E-state index contributed by atoms with van der Waals surface area (Å²) in [7, 11) is 0. The van der Waals surface area contributed by atoms with Crippen LogP contribution in [0.5, 0.6) is 0 Å². The van der Waals surface area contributed by atoms with Gasteiger partial charge in [0.25, 0.3) is 0 Å². The van der Waals surface area contributed by atoms with Crippen molar-refractivity contribution in [1.82, 2.24) is 4.98 Å². The minimum atomic E-state index is 0.918. The average molecular weight is 310 g/mol. The lowest BCUT2D eigenvalue weighted by atomic mass is 10.0. The standard InChI is InChI=1S/C17H12BrN/c1-12(13-6-9-15(18)10-7-13)16-11-8-14-4-2-3-5-17(14)19-16/h2-11H,1H2. The summed E-state index contributed by atoms with van der Waals surface area (Å²) in [4.78, 5) is 4.66. The molecule has 1 aromatic heterocycles. The van der Waals surface area contributed by atoms with Crippen LogP contribution in [0.3, 0.4) is 0 Å². The predicted octanol–water partition coefficient (Wildman–Crippen LogP) is 5.06. The maximum atomic E-state index is 4.66. The van der Waals surface area contributed by atoms with Gasteiger partial charge in [-0.1, -0.05) is 58.9 Å². The van der Waals surface area contributed by atoms with Gasteiger partial charge < -0.3 is 0 Å². The van der Waals surface area contributed by atoms with Crippen molar-refractivity contribution >= 4 is 32.4 Å². The molecule has 0 saturated carbocycles. The predicted molar refractivity (Wildman–Crippen MR) is 84.0 cm³/mol. The fraction of sp³-hybridized carbons (Fsp3) is 0. The number of fused-ring (bicyclic) bond motifs is 1. The number of rotatable bonds is 2. The zero-order valence-corrected chi connectivity index (χ0v) is 11.9. The fourth-order valence-electron chi connectivity index (χ4n) is 2.03. The first-order valence-electron chi connectivity index (χ1n) is 6.05. The van der Waals surface area contributed by atoms with Crippen molar-refractivity contribution in [2.75, 3.05) is 0 Å². The van der Waals surface area contributed by atoms with E-state index >= 15 is 0 Å². The zero-order valence-electron chi connectivity index (χ0n) is 10.3. The van der Waals surface area contributed by atoms with E-state index in [-0.39, 0.29) is 0 Å². The highest BCUT2D eigenvalue weighted by atomic mass is 79.9. The van der Waals surface area contributed by atoms with E-state index in [0.29, 0.717) is 0 Å². The molecule has 0 spiro atoms. The van der Waals surface area contributed by atoms with Gasteiger partial charge in [-0.25, -0.2) is 4.98 Å². The molecule has 3 aromatic rings. The highest BCUT2D eigenvalue weighted by Crippen LogP contribution is 2.23. The maximum Gasteiger partial charge on any atom is 0.0709 e. The third-order valence-electron chi connectivity index (χ3n) is 3.10. The molecule has 92 valence electrons. The summed E-state index contributed by atoms with van der Waals surface area (Å²) in [5.74, 6) is 0. The van der Waals surface area contributed by atoms with Crippen LogP contribution in [0.25, 0.3) is 16.5 Å². The highest BCUT2D eigenvalue weighted by Gasteiger charge is 2.04. The number of nitrogens with zero attached hydrogens (tertiary/aromatic N) is 1. The van der Waals surface area contributed by atoms with E-state index in [9.17, 15) is 0 Å². The zero-order chi connectivity index (χ0) is 13.2. The SMILES string of the molecule is C=C(c1ccc(Br)cc1)c1ccc2ccccc2n1. The van der Waals surface area contributed by atoms with Crippen LogP contribution in [-0.2, 0) is 0 Å². The van der Waals surface area contributed by atoms with Crippen molar-refractivity contribution in [1.29, 1.82) is 0 Å². The van der Waals surface area contributed by atoms with E-state index in [4.69, 9.17) is 0 Å². The molecule has 2 heteroatoms. The van der Waals surface area contributed by atoms with Gasteiger partial charge in [-0.05, 0) is 29.8 Å². The topological polar surface area (TPSA) is 12.9 Å². The number of halogens is 1. The van der Waals surface area contributed by atoms with Crippen LogP contribution in [-0.4, -0.2) is 4.98 Å². The molecule has 1 heterocycles. The monoisotopic (exact) mass is 309 g/mol. The Hall–Kier alpha value is -1.93. The molecular weight excluding hydrogens is 298 g/mol. The first kappa shape index (κ1) is 12.1. The Labute approximate surface area is 120 Å². The van der Waals surface area contributed by atoms with Gasteiger partial charge in [-0.3, -0.25) is 0 Å². The van der Waals surface area contributed by atoms with Gasteiger partial charge in [0.15, 0.2) is 0 Å². The highest BCUT2D eigenvalue weighted by molar-refractivity contribution is 9.10. The van der Waals surface area contributed by atoms with E-state index in [1.807, 2.05) is 48.5 Å². The molecule has 0 bridgehead atoms. The lowest BCUT2D eigenvalue weighted by molar-refractivity contribution is 1.34. The van der Waals surface area contributed by atoms with Crippen LogP contribution in [0.1, 0.15) is 11.3 Å². The largest absolute Gasteiger partial charge is 0.248 e. The number of benzene rings is 2. The Morgan fingerprint density at radius 1 is 0.895 bits per heavy atom. The van der Waals surface area contributed by atoms with Gasteiger partial charge >= 0.3 is 0 Å². The number of aromatic nitrogens is 1. The molecule has 0 atom stereocenters. The Bertz CT molecular complexity index is 745. The van der Waals surface area contributed by atoms with Crippen molar-refractivity contribution in [2.24, 2.45) is 0 Å². The molecule has 0 radical (unpaired) electrons. The first-order chi connectivity index (χ1) is 9.24. The molecule has 0 aliphatic heterocycles. The molecule has 0 amide bonds. The molecule has 0 unspecified atom stereocenters. The Kier molecular flexibility index (Phi) is 3.18. The summed E-state index contributed by atoms with van der Waals surface area (Å²) < 4.78 is 1.07. The summed E-state index contributed by atoms with van der Waals surface area (Å²) in [6.45, 7) is 4.15. The number of pyridine rings is 1. The Morgan fingerprint density at radius 2 is 1.63 bits per heavy atom. The maximum absolute atomic E-state index is 4.66. The molecule has 0 saturated heterocycles. The van der Waals surface area contributed by atoms with Crippen molar-refractivity contribution < 1.29 is 0 Å². The Morgan fingerprint density at radius 3 is 2.42 bits per heavy atom. The minimum Gasteiger partial charge on any atom is -0.248 e. The van der Waals surface area contributed by atoms with Gasteiger partial charge in [0, 0.05) is 15.4 Å². The van der Waals surface area contributed by atoms with E-state index in [1.54, 1.807) is 0 Å². The van der Waals surface area contributed by atoms with Crippen LogP contribution in [0.15, 0.2) is 71.7 Å². The lowest BCUT2D eigenvalue weighted by Crippen LogP contribution is -1.91. The summed E-state index contributed by atoms with van der Waals surface area (Å²) in [5.41, 5.74) is 3.95. The van der Waals surface area contributed by atoms with Gasteiger partial charge in [0.1, 0.15) is 0 Å². The van der Waals surface area contributed by atoms with Crippen LogP contribution in [0, 0.1) is 0 Å². The molecule has 0 fully saturated rings. The van der Waals surface area contributed by atoms with Gasteiger partial charge in [-0.15, -0.1) is 0 Å². The molecule has 2 aromatic carbocycles. The first-order valence-corrected chi connectivity index (χ1v) is 6.84. The third kappa shape index (κ3) is 2.45. The molecule has 0 N–H and O–H groups in total. The number of hydrogen-bond acceptors (Lipinski definition) is 1. The smallest absolute Gasteiger partial charge is 0.0709 e. The molecular formula is C17H12BrN. The molecule has 19 heavy (non-hydrogen) atoms. The summed E-state index contributed by atoms with van der Waals surface area (Å²) in [6.07, 6.45) is 0. The second kappa shape index (κ2) is 4.98. The summed E-state index contributed by atoms with van der Waals surface area (Å²) >= 11 is 3.44. The van der Waals surface area contributed by atoms with Crippen LogP contribution >= 0.6 is 15.9 Å². The minimum absolute atomic E-state index is 0.918. The van der Waals surface area contributed by atoms with Crippen molar-refractivity contribution in [3.63, 3.8) is 0 Å². The third-order valence-corrected chi connectivity index (χ3v) is 3.63. The van der Waals surface area contributed by atoms with Crippen molar-refractivity contribution in [2.45, 2.75) is 0 Å². The summed E-state index contributed by atoms with van der Waals surface area (Å²) in [5, 5.41) is 1.15. The molecule has 3 rings (SSSR count). The molecule has 0 aliphatic rings. The van der Waals surface area contributed by atoms with E-state index < -0.39 is 0 Å². The quantitative estimate of drug-likeness (QED) is 0.645. The van der Waals surface area contributed by atoms with Gasteiger partial charge in [-0.2, -0.15) is 0 Å². The van der Waals surface area contributed by atoms with Crippen molar-refractivity contribution in [3.05, 3.63) is 83.0 Å². The van der Waals surface area contributed by atoms with Gasteiger partial charge in [0.2, 0.25) is 0 Å². The fourth-order valence-corrected chi connectivity index (χ4v) is 2.30. The Balaban J connectivity index is 2.04. The second-order valence-electron chi connectivity index (χ2n) is 4.37. The van der Waals surface area contributed by atoms with Crippen LogP contribution in [0.2, 0.25) is 0 Å².